The Morgan fingerprint density at radius 3 is 2.35 bits per heavy atom. The number of ether oxygens (including phenoxy) is 4. The molecule has 1 aromatic rings. The molecule has 3 rings (SSSR count). The molecule has 1 heterocycles. The highest BCUT2D eigenvalue weighted by molar-refractivity contribution is 7.99. The van der Waals surface area contributed by atoms with Crippen LogP contribution in [0, 0.1) is 11.3 Å². The number of nitrogens with zero attached hydrogens (tertiary/aromatic N) is 1. The zero-order chi connectivity index (χ0) is 25.0. The number of esters is 1. The van der Waals surface area contributed by atoms with Crippen LogP contribution in [0.2, 0.25) is 0 Å². The summed E-state index contributed by atoms with van der Waals surface area (Å²) in [6.07, 6.45) is 1.05. The molecule has 2 aliphatic rings. The molecule has 7 nitrogen and oxygen atoms in total. The SMILES string of the molecule is CCSCCOC(=O)C1C(C)=NC2=C(C(=O)CC(C)(C)C2)C1c1cc(OC)c(OC)cc1OC. The van der Waals surface area contributed by atoms with Gasteiger partial charge >= 0.3 is 5.97 Å². The third kappa shape index (κ3) is 5.27. The van der Waals surface area contributed by atoms with Crippen molar-refractivity contribution in [3.63, 3.8) is 0 Å². The van der Waals surface area contributed by atoms with Gasteiger partial charge in [0.1, 0.15) is 18.3 Å². The number of methoxy groups -OCH3 is 3. The third-order valence-corrected chi connectivity index (χ3v) is 7.17. The Hall–Kier alpha value is -2.48. The summed E-state index contributed by atoms with van der Waals surface area (Å²) >= 11 is 1.71. The first-order valence-corrected chi connectivity index (χ1v) is 12.7. The molecule has 1 aromatic carbocycles. The fourth-order valence-electron chi connectivity index (χ4n) is 4.82. The first-order chi connectivity index (χ1) is 16.2. The maximum atomic E-state index is 13.5. The summed E-state index contributed by atoms with van der Waals surface area (Å²) in [6.45, 7) is 8.34. The Kier molecular flexibility index (Phi) is 8.34. The second kappa shape index (κ2) is 10.8. The van der Waals surface area contributed by atoms with E-state index < -0.39 is 11.8 Å². The van der Waals surface area contributed by atoms with Crippen LogP contribution in [0.4, 0.5) is 0 Å². The van der Waals surface area contributed by atoms with E-state index in [1.54, 1.807) is 45.2 Å². The van der Waals surface area contributed by atoms with E-state index in [-0.39, 0.29) is 17.2 Å². The highest BCUT2D eigenvalue weighted by Crippen LogP contribution is 2.51. The van der Waals surface area contributed by atoms with E-state index in [0.29, 0.717) is 53.5 Å². The Morgan fingerprint density at radius 1 is 1.09 bits per heavy atom. The molecule has 0 saturated heterocycles. The van der Waals surface area contributed by atoms with Gasteiger partial charge in [0.25, 0.3) is 0 Å². The maximum absolute atomic E-state index is 13.5. The summed E-state index contributed by atoms with van der Waals surface area (Å²) < 4.78 is 22.4. The van der Waals surface area contributed by atoms with Gasteiger partial charge in [0.2, 0.25) is 0 Å². The Bertz CT molecular complexity index is 1010. The van der Waals surface area contributed by atoms with Crippen LogP contribution in [0.3, 0.4) is 0 Å². The zero-order valence-corrected chi connectivity index (χ0v) is 22.0. The highest BCUT2D eigenvalue weighted by Gasteiger charge is 2.47. The smallest absolute Gasteiger partial charge is 0.315 e. The van der Waals surface area contributed by atoms with Crippen LogP contribution in [-0.4, -0.2) is 56.9 Å². The van der Waals surface area contributed by atoms with Crippen LogP contribution in [-0.2, 0) is 14.3 Å². The average molecular weight is 490 g/mol. The van der Waals surface area contributed by atoms with Crippen LogP contribution >= 0.6 is 11.8 Å². The summed E-state index contributed by atoms with van der Waals surface area (Å²) in [5.41, 5.74) is 2.43. The molecule has 2 atom stereocenters. The van der Waals surface area contributed by atoms with Crippen molar-refractivity contribution in [2.24, 2.45) is 16.3 Å². The number of carbonyl (C=O) groups is 2. The summed E-state index contributed by atoms with van der Waals surface area (Å²) in [6, 6.07) is 3.53. The Labute approximate surface area is 206 Å². The molecule has 0 amide bonds. The van der Waals surface area contributed by atoms with Crippen molar-refractivity contribution in [1.82, 2.24) is 0 Å². The first-order valence-electron chi connectivity index (χ1n) is 11.5. The molecule has 1 aliphatic carbocycles. The lowest BCUT2D eigenvalue weighted by Crippen LogP contribution is -2.39. The van der Waals surface area contributed by atoms with E-state index in [1.807, 2.05) is 6.92 Å². The number of Topliss-reactive ketones (excluding diaryl/α,β-unsaturated/α-hetero) is 1. The summed E-state index contributed by atoms with van der Waals surface area (Å²) in [5, 5.41) is 0. The van der Waals surface area contributed by atoms with Gasteiger partial charge in [-0.3, -0.25) is 14.6 Å². The molecule has 0 bridgehead atoms. The molecule has 1 aliphatic heterocycles. The third-order valence-electron chi connectivity index (χ3n) is 6.30. The number of benzene rings is 1. The summed E-state index contributed by atoms with van der Waals surface area (Å²) in [7, 11) is 4.67. The van der Waals surface area contributed by atoms with Gasteiger partial charge in [-0.15, -0.1) is 0 Å². The van der Waals surface area contributed by atoms with Gasteiger partial charge in [0.15, 0.2) is 17.3 Å². The largest absolute Gasteiger partial charge is 0.496 e. The Morgan fingerprint density at radius 2 is 1.74 bits per heavy atom. The number of rotatable bonds is 9. The molecule has 8 heteroatoms. The molecule has 34 heavy (non-hydrogen) atoms. The lowest BCUT2D eigenvalue weighted by atomic mass is 9.66. The Balaban J connectivity index is 2.17. The van der Waals surface area contributed by atoms with Crippen molar-refractivity contribution in [1.29, 1.82) is 0 Å². The van der Waals surface area contributed by atoms with Crippen molar-refractivity contribution < 1.29 is 28.5 Å². The van der Waals surface area contributed by atoms with Crippen LogP contribution in [0.1, 0.15) is 52.0 Å². The van der Waals surface area contributed by atoms with Crippen molar-refractivity contribution in [3.8, 4) is 17.2 Å². The number of thioether (sulfide) groups is 1. The van der Waals surface area contributed by atoms with Crippen molar-refractivity contribution >= 4 is 29.2 Å². The highest BCUT2D eigenvalue weighted by atomic mass is 32.2. The molecular weight excluding hydrogens is 454 g/mol. The lowest BCUT2D eigenvalue weighted by molar-refractivity contribution is -0.145. The van der Waals surface area contributed by atoms with Gasteiger partial charge in [-0.25, -0.2) is 0 Å². The van der Waals surface area contributed by atoms with Crippen LogP contribution in [0.5, 0.6) is 17.2 Å². The molecular formula is C26H35NO6S. The molecule has 2 unspecified atom stereocenters. The minimum Gasteiger partial charge on any atom is -0.496 e. The van der Waals surface area contributed by atoms with E-state index in [2.05, 4.69) is 20.8 Å². The standard InChI is InChI=1S/C26H35NO6S/c1-8-34-10-9-33-25(29)22-15(2)27-17-13-26(3,4)14-18(28)24(17)23(22)16-11-20(31-6)21(32-7)12-19(16)30-5/h11-12,22-23H,8-10,13-14H2,1-7H3. The first kappa shape index (κ1) is 26.1. The number of allylic oxidation sites excluding steroid dienone is 2. The maximum Gasteiger partial charge on any atom is 0.315 e. The minimum atomic E-state index is -0.734. The fraction of sp³-hybridized carbons (Fsp3) is 0.577. The van der Waals surface area contributed by atoms with Crippen molar-refractivity contribution in [2.75, 3.05) is 39.4 Å². The number of carbonyl (C=O) groups excluding carboxylic acids is 2. The van der Waals surface area contributed by atoms with E-state index in [9.17, 15) is 9.59 Å². The van der Waals surface area contributed by atoms with Crippen LogP contribution in [0.25, 0.3) is 0 Å². The summed E-state index contributed by atoms with van der Waals surface area (Å²) in [4.78, 5) is 31.7. The number of hydrogen-bond donors (Lipinski definition) is 0. The molecule has 0 fully saturated rings. The molecule has 0 radical (unpaired) electrons. The average Bonchev–Trinajstić information content (AvgIpc) is 2.78. The fourth-order valence-corrected chi connectivity index (χ4v) is 5.31. The topological polar surface area (TPSA) is 83.4 Å². The van der Waals surface area contributed by atoms with Gasteiger partial charge < -0.3 is 18.9 Å². The minimum absolute atomic E-state index is 0.00340. The number of aliphatic imine (C=N–C) groups is 1. The van der Waals surface area contributed by atoms with Gasteiger partial charge in [-0.05, 0) is 30.6 Å². The normalized spacial score (nSPS) is 21.5. The lowest BCUT2D eigenvalue weighted by Gasteiger charge is -2.39. The number of ketones is 1. The summed E-state index contributed by atoms with van der Waals surface area (Å²) in [5.74, 6) is 1.49. The van der Waals surface area contributed by atoms with Crippen LogP contribution in [0.15, 0.2) is 28.4 Å². The predicted octanol–water partition coefficient (Wildman–Crippen LogP) is 4.83. The van der Waals surface area contributed by atoms with E-state index in [1.165, 1.54) is 0 Å². The second-order valence-corrected chi connectivity index (χ2v) is 10.7. The second-order valence-electron chi connectivity index (χ2n) is 9.32. The molecule has 0 spiro atoms. The predicted molar refractivity (Wildman–Crippen MR) is 134 cm³/mol. The van der Waals surface area contributed by atoms with Crippen molar-refractivity contribution in [2.45, 2.75) is 46.5 Å². The number of hydrogen-bond acceptors (Lipinski definition) is 8. The molecule has 0 saturated carbocycles. The molecule has 0 N–H and O–H groups in total. The quantitative estimate of drug-likeness (QED) is 0.363. The van der Waals surface area contributed by atoms with Gasteiger partial charge in [0, 0.05) is 46.7 Å². The van der Waals surface area contributed by atoms with E-state index in [0.717, 1.165) is 17.2 Å². The molecule has 0 aromatic heterocycles. The zero-order valence-electron chi connectivity index (χ0n) is 21.1. The van der Waals surface area contributed by atoms with Gasteiger partial charge in [-0.1, -0.05) is 20.8 Å². The van der Waals surface area contributed by atoms with E-state index >= 15 is 0 Å². The van der Waals surface area contributed by atoms with Crippen LogP contribution < -0.4 is 14.2 Å². The van der Waals surface area contributed by atoms with Gasteiger partial charge in [0.05, 0.1) is 21.3 Å². The van der Waals surface area contributed by atoms with Gasteiger partial charge in [-0.2, -0.15) is 11.8 Å². The monoisotopic (exact) mass is 489 g/mol. The van der Waals surface area contributed by atoms with Crippen molar-refractivity contribution in [3.05, 3.63) is 29.0 Å². The van der Waals surface area contributed by atoms with E-state index in [4.69, 9.17) is 23.9 Å². The molecule has 186 valence electrons.